The quantitative estimate of drug-likeness (QED) is 0.642. The Hall–Kier alpha value is -2.07. The van der Waals surface area contributed by atoms with Gasteiger partial charge in [-0.25, -0.2) is 9.78 Å². The molecule has 0 aliphatic heterocycles. The Morgan fingerprint density at radius 1 is 1.25 bits per heavy atom. The van der Waals surface area contributed by atoms with E-state index in [0.717, 1.165) is 11.4 Å². The first-order valence-electron chi connectivity index (χ1n) is 6.09. The molecule has 0 fully saturated rings. The van der Waals surface area contributed by atoms with Gasteiger partial charge in [-0.05, 0) is 36.8 Å². The van der Waals surface area contributed by atoms with Gasteiger partial charge < -0.3 is 9.64 Å². The van der Waals surface area contributed by atoms with Crippen LogP contribution in [0.3, 0.4) is 0 Å². The fourth-order valence-corrected chi connectivity index (χ4v) is 1.78. The molecule has 0 aliphatic carbocycles. The summed E-state index contributed by atoms with van der Waals surface area (Å²) in [7, 11) is 3.76. The van der Waals surface area contributed by atoms with E-state index in [2.05, 4.69) is 4.98 Å². The molecular weight excluding hydrogens is 276 g/mol. The predicted molar refractivity (Wildman–Crippen MR) is 79.7 cm³/mol. The highest BCUT2D eigenvalue weighted by atomic mass is 35.5. The van der Waals surface area contributed by atoms with Crippen molar-refractivity contribution in [3.63, 3.8) is 0 Å². The lowest BCUT2D eigenvalue weighted by Crippen LogP contribution is -2.13. The molecule has 0 saturated heterocycles. The highest BCUT2D eigenvalue weighted by molar-refractivity contribution is 6.32. The number of carbonyl (C=O) groups excluding carboxylic acids is 1. The maximum Gasteiger partial charge on any atom is 0.345 e. The zero-order valence-corrected chi connectivity index (χ0v) is 12.3. The molecule has 0 saturated carbocycles. The minimum absolute atomic E-state index is 0.355. The average Bonchev–Trinajstić information content (AvgIpc) is 2.43. The van der Waals surface area contributed by atoms with E-state index in [4.69, 9.17) is 16.3 Å². The molecule has 1 heterocycles. The Bertz CT molecular complexity index is 624. The second-order valence-corrected chi connectivity index (χ2v) is 5.03. The van der Waals surface area contributed by atoms with Gasteiger partial charge in [0.25, 0.3) is 0 Å². The first-order valence-corrected chi connectivity index (χ1v) is 6.47. The van der Waals surface area contributed by atoms with Crippen LogP contribution in [0.4, 0.5) is 5.82 Å². The van der Waals surface area contributed by atoms with Gasteiger partial charge in [-0.3, -0.25) is 0 Å². The van der Waals surface area contributed by atoms with E-state index >= 15 is 0 Å². The van der Waals surface area contributed by atoms with Crippen LogP contribution in [0, 0.1) is 6.92 Å². The summed E-state index contributed by atoms with van der Waals surface area (Å²) in [5, 5.41) is 0.404. The zero-order chi connectivity index (χ0) is 14.7. The molecule has 1 aromatic carbocycles. The van der Waals surface area contributed by atoms with Gasteiger partial charge >= 0.3 is 5.97 Å². The molecule has 0 aliphatic rings. The second-order valence-electron chi connectivity index (χ2n) is 4.62. The molecular formula is C15H15ClN2O2. The van der Waals surface area contributed by atoms with Crippen LogP contribution in [-0.2, 0) is 0 Å². The van der Waals surface area contributed by atoms with E-state index < -0.39 is 5.97 Å². The summed E-state index contributed by atoms with van der Waals surface area (Å²) in [6.45, 7) is 1.90. The Balaban J connectivity index is 2.17. The number of carbonyl (C=O) groups is 1. The summed E-state index contributed by atoms with van der Waals surface area (Å²) in [6.07, 6.45) is 1.49. The van der Waals surface area contributed by atoms with Crippen LogP contribution in [0.15, 0.2) is 36.5 Å². The fraction of sp³-hybridized carbons (Fsp3) is 0.200. The molecule has 0 spiro atoms. The molecule has 20 heavy (non-hydrogen) atoms. The molecule has 4 nitrogen and oxygen atoms in total. The first kappa shape index (κ1) is 14.3. The molecule has 0 N–H and O–H groups in total. The second kappa shape index (κ2) is 5.92. The molecule has 104 valence electrons. The van der Waals surface area contributed by atoms with Gasteiger partial charge in [0.1, 0.15) is 11.6 Å². The maximum absolute atomic E-state index is 12.0. The van der Waals surface area contributed by atoms with Gasteiger partial charge in [0, 0.05) is 20.3 Å². The highest BCUT2D eigenvalue weighted by Crippen LogP contribution is 2.26. The average molecular weight is 291 g/mol. The first-order chi connectivity index (χ1) is 9.47. The van der Waals surface area contributed by atoms with Gasteiger partial charge in [-0.2, -0.15) is 0 Å². The molecule has 1 aromatic heterocycles. The van der Waals surface area contributed by atoms with Crippen molar-refractivity contribution in [3.05, 3.63) is 52.7 Å². The van der Waals surface area contributed by atoms with Crippen molar-refractivity contribution in [3.8, 4) is 5.75 Å². The summed E-state index contributed by atoms with van der Waals surface area (Å²) in [4.78, 5) is 18.1. The molecule has 2 aromatic rings. The van der Waals surface area contributed by atoms with Crippen molar-refractivity contribution in [1.82, 2.24) is 4.98 Å². The van der Waals surface area contributed by atoms with Crippen molar-refractivity contribution in [2.45, 2.75) is 6.92 Å². The molecule has 5 heteroatoms. The lowest BCUT2D eigenvalue weighted by molar-refractivity contribution is 0.0734. The van der Waals surface area contributed by atoms with Crippen LogP contribution >= 0.6 is 11.6 Å². The third-order valence-electron chi connectivity index (χ3n) is 2.73. The van der Waals surface area contributed by atoms with E-state index in [9.17, 15) is 4.79 Å². The number of benzene rings is 1. The molecule has 2 rings (SSSR count). The summed E-state index contributed by atoms with van der Waals surface area (Å²) in [6, 6.07) is 8.71. The number of hydrogen-bond donors (Lipinski definition) is 0. The SMILES string of the molecule is Cc1ccc(Cl)c(OC(=O)c2ccc(N(C)C)nc2)c1. The van der Waals surface area contributed by atoms with Gasteiger partial charge in [-0.15, -0.1) is 0 Å². The molecule has 0 atom stereocenters. The van der Waals surface area contributed by atoms with Crippen molar-refractivity contribution in [1.29, 1.82) is 0 Å². The number of rotatable bonds is 3. The van der Waals surface area contributed by atoms with Crippen molar-refractivity contribution < 1.29 is 9.53 Å². The summed E-state index contributed by atoms with van der Waals surface area (Å²) >= 11 is 6.00. The predicted octanol–water partition coefficient (Wildman–Crippen LogP) is 3.33. The zero-order valence-electron chi connectivity index (χ0n) is 11.6. The van der Waals surface area contributed by atoms with E-state index in [1.165, 1.54) is 6.20 Å². The molecule has 0 unspecified atom stereocenters. The van der Waals surface area contributed by atoms with E-state index in [0.29, 0.717) is 16.3 Å². The number of aromatic nitrogens is 1. The van der Waals surface area contributed by atoms with E-state index in [1.807, 2.05) is 32.0 Å². The third kappa shape index (κ3) is 3.27. The number of esters is 1. The Labute approximate surface area is 123 Å². The van der Waals surface area contributed by atoms with Crippen molar-refractivity contribution in [2.24, 2.45) is 0 Å². The number of halogens is 1. The summed E-state index contributed by atoms with van der Waals surface area (Å²) < 4.78 is 5.29. The maximum atomic E-state index is 12.0. The highest BCUT2D eigenvalue weighted by Gasteiger charge is 2.12. The minimum atomic E-state index is -0.477. The third-order valence-corrected chi connectivity index (χ3v) is 3.04. The largest absolute Gasteiger partial charge is 0.421 e. The minimum Gasteiger partial charge on any atom is -0.421 e. The van der Waals surface area contributed by atoms with Crippen LogP contribution < -0.4 is 9.64 Å². The standard InChI is InChI=1S/C15H15ClN2O2/c1-10-4-6-12(16)13(8-10)20-15(19)11-5-7-14(17-9-11)18(2)3/h4-9H,1-3H3. The van der Waals surface area contributed by atoms with Gasteiger partial charge in [0.2, 0.25) is 0 Å². The van der Waals surface area contributed by atoms with E-state index in [1.54, 1.807) is 24.3 Å². The number of aryl methyl sites for hydroxylation is 1. The summed E-state index contributed by atoms with van der Waals surface area (Å²) in [5.41, 5.74) is 1.35. The van der Waals surface area contributed by atoms with Crippen LogP contribution in [0.2, 0.25) is 5.02 Å². The topological polar surface area (TPSA) is 42.4 Å². The van der Waals surface area contributed by atoms with Gasteiger partial charge in [0.15, 0.2) is 0 Å². The smallest absolute Gasteiger partial charge is 0.345 e. The number of ether oxygens (including phenoxy) is 1. The number of nitrogens with zero attached hydrogens (tertiary/aromatic N) is 2. The monoisotopic (exact) mass is 290 g/mol. The van der Waals surface area contributed by atoms with Gasteiger partial charge in [-0.1, -0.05) is 17.7 Å². The van der Waals surface area contributed by atoms with Crippen LogP contribution in [0.1, 0.15) is 15.9 Å². The Morgan fingerprint density at radius 3 is 2.60 bits per heavy atom. The van der Waals surface area contributed by atoms with Crippen LogP contribution in [-0.4, -0.2) is 25.0 Å². The molecule has 0 amide bonds. The van der Waals surface area contributed by atoms with Crippen molar-refractivity contribution in [2.75, 3.05) is 19.0 Å². The number of anilines is 1. The summed E-state index contributed by atoms with van der Waals surface area (Å²) in [5.74, 6) is 0.652. The molecule has 0 radical (unpaired) electrons. The molecule has 0 bridgehead atoms. The Kier molecular flexibility index (Phi) is 4.25. The fourth-order valence-electron chi connectivity index (χ4n) is 1.62. The lowest BCUT2D eigenvalue weighted by Gasteiger charge is -2.11. The van der Waals surface area contributed by atoms with Crippen LogP contribution in [0.25, 0.3) is 0 Å². The van der Waals surface area contributed by atoms with Gasteiger partial charge in [0.05, 0.1) is 10.6 Å². The lowest BCUT2D eigenvalue weighted by atomic mass is 10.2. The van der Waals surface area contributed by atoms with E-state index in [-0.39, 0.29) is 0 Å². The normalized spacial score (nSPS) is 10.2. The number of hydrogen-bond acceptors (Lipinski definition) is 4. The Morgan fingerprint density at radius 2 is 2.00 bits per heavy atom. The van der Waals surface area contributed by atoms with Crippen molar-refractivity contribution >= 4 is 23.4 Å². The van der Waals surface area contributed by atoms with Crippen LogP contribution in [0.5, 0.6) is 5.75 Å². The number of pyridine rings is 1.